The summed E-state index contributed by atoms with van der Waals surface area (Å²) in [6, 6.07) is 18.9. The molecule has 1 spiro atoms. The standard InChI is InChI=1S/C34H34Cl2N6O4/c1-45-24-9-7-23(8-10-24)19-39-32-28(35)25(12-16-37-32)30(43)29-31(36)41-27(21-38-29)42-17-14-34(15-18-42)13-11-26(34)46-33(44)40-20-22-5-3-2-4-6-22/h2-10,12,16,21,26H,11,13-15,17-20H2,1H3,(H,37,39)(H,40,44). The molecule has 46 heavy (non-hydrogen) atoms. The third-order valence-electron chi connectivity index (χ3n) is 8.88. The number of aromatic nitrogens is 3. The number of ketones is 1. The van der Waals surface area contributed by atoms with Gasteiger partial charge in [0.1, 0.15) is 29.2 Å². The Morgan fingerprint density at radius 2 is 1.70 bits per heavy atom. The van der Waals surface area contributed by atoms with Gasteiger partial charge in [-0.15, -0.1) is 0 Å². The average Bonchev–Trinajstić information content (AvgIpc) is 3.09. The van der Waals surface area contributed by atoms with E-state index in [0.717, 1.165) is 42.6 Å². The van der Waals surface area contributed by atoms with Gasteiger partial charge >= 0.3 is 6.09 Å². The number of ether oxygens (including phenoxy) is 2. The van der Waals surface area contributed by atoms with E-state index in [-0.39, 0.29) is 39.0 Å². The van der Waals surface area contributed by atoms with Crippen molar-refractivity contribution < 1.29 is 19.1 Å². The number of carbonyl (C=O) groups excluding carboxylic acids is 2. The number of methoxy groups -OCH3 is 1. The van der Waals surface area contributed by atoms with Crippen LogP contribution < -0.4 is 20.3 Å². The number of nitrogens with zero attached hydrogens (tertiary/aromatic N) is 4. The first-order chi connectivity index (χ1) is 22.3. The first-order valence-corrected chi connectivity index (χ1v) is 15.9. The van der Waals surface area contributed by atoms with Crippen molar-refractivity contribution in [3.63, 3.8) is 0 Å². The van der Waals surface area contributed by atoms with E-state index in [1.165, 1.54) is 12.3 Å². The number of hydrogen-bond acceptors (Lipinski definition) is 9. The Hall–Kier alpha value is -4.41. The van der Waals surface area contributed by atoms with E-state index in [1.807, 2.05) is 54.6 Å². The van der Waals surface area contributed by atoms with Crippen LogP contribution in [0.5, 0.6) is 5.75 Å². The largest absolute Gasteiger partial charge is 0.497 e. The van der Waals surface area contributed by atoms with Crippen LogP contribution in [0.3, 0.4) is 0 Å². The van der Waals surface area contributed by atoms with Crippen LogP contribution in [0.4, 0.5) is 16.4 Å². The number of hydrogen-bond donors (Lipinski definition) is 2. The van der Waals surface area contributed by atoms with Gasteiger partial charge in [-0.2, -0.15) is 0 Å². The van der Waals surface area contributed by atoms with Gasteiger partial charge in [-0.3, -0.25) is 4.79 Å². The summed E-state index contributed by atoms with van der Waals surface area (Å²) in [7, 11) is 1.62. The maximum absolute atomic E-state index is 13.5. The highest BCUT2D eigenvalue weighted by Gasteiger charge is 2.50. The van der Waals surface area contributed by atoms with Gasteiger partial charge in [0.15, 0.2) is 5.15 Å². The van der Waals surface area contributed by atoms with Gasteiger partial charge in [0, 0.05) is 43.4 Å². The van der Waals surface area contributed by atoms with Gasteiger partial charge in [0.05, 0.1) is 18.3 Å². The van der Waals surface area contributed by atoms with Crippen molar-refractivity contribution in [2.75, 3.05) is 30.4 Å². The number of nitrogens with one attached hydrogen (secondary N) is 2. The molecular weight excluding hydrogens is 627 g/mol. The second-order valence-corrected chi connectivity index (χ2v) is 12.3. The summed E-state index contributed by atoms with van der Waals surface area (Å²) in [6.45, 7) is 2.31. The maximum atomic E-state index is 13.5. The maximum Gasteiger partial charge on any atom is 0.407 e. The molecule has 12 heteroatoms. The topological polar surface area (TPSA) is 119 Å². The molecule has 1 atom stereocenters. The molecule has 2 aliphatic rings. The van der Waals surface area contributed by atoms with Gasteiger partial charge in [0.25, 0.3) is 0 Å². The van der Waals surface area contributed by atoms with Crippen molar-refractivity contribution in [1.82, 2.24) is 20.3 Å². The fraction of sp³-hybridized carbons (Fsp3) is 0.324. The number of rotatable bonds is 10. The van der Waals surface area contributed by atoms with Gasteiger partial charge < -0.3 is 25.0 Å². The van der Waals surface area contributed by atoms with Crippen LogP contribution in [0.25, 0.3) is 0 Å². The summed E-state index contributed by atoms with van der Waals surface area (Å²) in [6.07, 6.45) is 6.16. The molecule has 1 unspecified atom stereocenters. The van der Waals surface area contributed by atoms with E-state index in [2.05, 4.69) is 30.5 Å². The zero-order valence-electron chi connectivity index (χ0n) is 25.3. The van der Waals surface area contributed by atoms with Crippen LogP contribution in [0.1, 0.15) is 52.9 Å². The molecule has 238 valence electrons. The normalized spacial score (nSPS) is 16.8. The Morgan fingerprint density at radius 3 is 2.37 bits per heavy atom. The smallest absolute Gasteiger partial charge is 0.407 e. The predicted molar refractivity (Wildman–Crippen MR) is 177 cm³/mol. The SMILES string of the molecule is COc1ccc(CNc2nccc(C(=O)c3ncc(N4CCC5(CCC5OC(=O)NCc5ccccc5)CC4)nc3Cl)c2Cl)cc1. The highest BCUT2D eigenvalue weighted by molar-refractivity contribution is 6.38. The van der Waals surface area contributed by atoms with Crippen LogP contribution in [-0.2, 0) is 17.8 Å². The Morgan fingerprint density at radius 1 is 0.957 bits per heavy atom. The lowest BCUT2D eigenvalue weighted by molar-refractivity contribution is -0.0856. The van der Waals surface area contributed by atoms with Crippen LogP contribution in [0.2, 0.25) is 10.2 Å². The number of piperidine rings is 1. The average molecular weight is 662 g/mol. The summed E-state index contributed by atoms with van der Waals surface area (Å²) in [5.74, 6) is 1.29. The van der Waals surface area contributed by atoms with Crippen LogP contribution in [-0.4, -0.2) is 53.1 Å². The van der Waals surface area contributed by atoms with Gasteiger partial charge in [-0.25, -0.2) is 19.7 Å². The molecule has 1 amide bonds. The number of amides is 1. The number of halogens is 2. The molecule has 1 aliphatic heterocycles. The number of benzene rings is 2. The monoisotopic (exact) mass is 660 g/mol. The molecule has 0 radical (unpaired) electrons. The second-order valence-electron chi connectivity index (χ2n) is 11.5. The molecule has 2 fully saturated rings. The Labute approximate surface area is 277 Å². The second kappa shape index (κ2) is 13.9. The molecule has 1 aliphatic carbocycles. The molecule has 0 bridgehead atoms. The molecule has 6 rings (SSSR count). The fourth-order valence-electron chi connectivity index (χ4n) is 6.01. The van der Waals surface area contributed by atoms with Crippen LogP contribution in [0, 0.1) is 5.41 Å². The van der Waals surface area contributed by atoms with E-state index in [0.29, 0.717) is 37.8 Å². The summed E-state index contributed by atoms with van der Waals surface area (Å²) in [5.41, 5.74) is 2.22. The van der Waals surface area contributed by atoms with Crippen molar-refractivity contribution in [3.05, 3.63) is 106 Å². The Bertz CT molecular complexity index is 1700. The molecule has 2 aromatic carbocycles. The van der Waals surface area contributed by atoms with Gasteiger partial charge in [-0.1, -0.05) is 65.7 Å². The minimum Gasteiger partial charge on any atom is -0.497 e. The lowest BCUT2D eigenvalue weighted by Crippen LogP contribution is -2.54. The predicted octanol–water partition coefficient (Wildman–Crippen LogP) is 6.71. The fourth-order valence-corrected chi connectivity index (χ4v) is 6.50. The summed E-state index contributed by atoms with van der Waals surface area (Å²) < 4.78 is 11.0. The first-order valence-electron chi connectivity index (χ1n) is 15.2. The van der Waals surface area contributed by atoms with E-state index in [4.69, 9.17) is 32.7 Å². The quantitative estimate of drug-likeness (QED) is 0.179. The van der Waals surface area contributed by atoms with Gasteiger partial charge in [-0.05, 0) is 55.0 Å². The molecule has 4 aromatic rings. The zero-order valence-corrected chi connectivity index (χ0v) is 26.9. The molecule has 1 saturated carbocycles. The van der Waals surface area contributed by atoms with E-state index < -0.39 is 5.78 Å². The highest BCUT2D eigenvalue weighted by atomic mass is 35.5. The summed E-state index contributed by atoms with van der Waals surface area (Å²) >= 11 is 13.1. The molecule has 3 heterocycles. The molecule has 2 N–H and O–H groups in total. The van der Waals surface area contributed by atoms with E-state index in [9.17, 15) is 9.59 Å². The van der Waals surface area contributed by atoms with Crippen molar-refractivity contribution in [2.24, 2.45) is 5.41 Å². The van der Waals surface area contributed by atoms with Crippen LogP contribution >= 0.6 is 23.2 Å². The molecule has 1 saturated heterocycles. The molecule has 2 aromatic heterocycles. The Kier molecular flexibility index (Phi) is 9.56. The summed E-state index contributed by atoms with van der Waals surface area (Å²) in [5, 5.41) is 6.22. The van der Waals surface area contributed by atoms with Crippen molar-refractivity contribution in [3.8, 4) is 5.75 Å². The number of alkyl carbamates (subject to hydrolysis) is 1. The number of anilines is 2. The van der Waals surface area contributed by atoms with Crippen molar-refractivity contribution >= 4 is 46.7 Å². The minimum absolute atomic E-state index is 0.00310. The van der Waals surface area contributed by atoms with Crippen LogP contribution in [0.15, 0.2) is 73.1 Å². The lowest BCUT2D eigenvalue weighted by Gasteiger charge is -2.52. The first kappa shape index (κ1) is 31.6. The third-order valence-corrected chi connectivity index (χ3v) is 9.53. The van der Waals surface area contributed by atoms with Gasteiger partial charge in [0.2, 0.25) is 5.78 Å². The zero-order chi connectivity index (χ0) is 32.1. The Balaban J connectivity index is 1.04. The van der Waals surface area contributed by atoms with Crippen molar-refractivity contribution in [2.45, 2.75) is 44.9 Å². The van der Waals surface area contributed by atoms with Crippen molar-refractivity contribution in [1.29, 1.82) is 0 Å². The number of pyridine rings is 1. The third kappa shape index (κ3) is 6.88. The number of carbonyl (C=O) groups is 2. The molecular formula is C34H34Cl2N6O4. The molecule has 10 nitrogen and oxygen atoms in total. The van der Waals surface area contributed by atoms with E-state index in [1.54, 1.807) is 13.3 Å². The summed E-state index contributed by atoms with van der Waals surface area (Å²) in [4.78, 5) is 41.3. The highest BCUT2D eigenvalue weighted by Crippen LogP contribution is 2.51. The van der Waals surface area contributed by atoms with E-state index >= 15 is 0 Å². The lowest BCUT2D eigenvalue weighted by atomic mass is 9.61. The minimum atomic E-state index is -0.443.